The second kappa shape index (κ2) is 6.46. The van der Waals surface area contributed by atoms with Gasteiger partial charge in [-0.15, -0.1) is 0 Å². The Bertz CT molecular complexity index is 565. The molecule has 0 bridgehead atoms. The number of imidazole rings is 1. The van der Waals surface area contributed by atoms with E-state index in [1.165, 1.54) is 0 Å². The van der Waals surface area contributed by atoms with Gasteiger partial charge in [-0.2, -0.15) is 9.97 Å². The van der Waals surface area contributed by atoms with Gasteiger partial charge in [0.2, 0.25) is 5.95 Å². The Balaban J connectivity index is 2.26. The third-order valence-electron chi connectivity index (χ3n) is 2.62. The van der Waals surface area contributed by atoms with Crippen LogP contribution in [0.15, 0.2) is 0 Å². The number of H-pyrrole nitrogens is 1. The zero-order valence-corrected chi connectivity index (χ0v) is 11.5. The fourth-order valence-electron chi connectivity index (χ4n) is 1.86. The molecule has 20 heavy (non-hydrogen) atoms. The smallest absolute Gasteiger partial charge is 0.224 e. The first-order valence-corrected chi connectivity index (χ1v) is 6.39. The normalized spacial score (nSPS) is 11.4. The lowest BCUT2D eigenvalue weighted by Gasteiger charge is -2.15. The van der Waals surface area contributed by atoms with Gasteiger partial charge in [0.15, 0.2) is 17.8 Å². The lowest BCUT2D eigenvalue weighted by atomic mass is 10.4. The van der Waals surface area contributed by atoms with Crippen molar-refractivity contribution < 1.29 is 9.47 Å². The second-order valence-electron chi connectivity index (χ2n) is 4.00. The average Bonchev–Trinajstić information content (AvgIpc) is 2.80. The van der Waals surface area contributed by atoms with Crippen molar-refractivity contribution in [2.75, 3.05) is 24.4 Å². The molecule has 0 aromatic carbocycles. The van der Waals surface area contributed by atoms with E-state index in [9.17, 15) is 0 Å². The van der Waals surface area contributed by atoms with E-state index in [1.807, 2.05) is 13.8 Å². The lowest BCUT2D eigenvalue weighted by molar-refractivity contribution is -0.135. The van der Waals surface area contributed by atoms with Crippen LogP contribution in [0.2, 0.25) is 0 Å². The van der Waals surface area contributed by atoms with E-state index < -0.39 is 0 Å². The Morgan fingerprint density at radius 1 is 1.20 bits per heavy atom. The Kier molecular flexibility index (Phi) is 4.66. The highest BCUT2D eigenvalue weighted by atomic mass is 16.7. The molecule has 0 aliphatic heterocycles. The van der Waals surface area contributed by atoms with Crippen molar-refractivity contribution in [1.82, 2.24) is 19.9 Å². The van der Waals surface area contributed by atoms with Crippen molar-refractivity contribution in [3.8, 4) is 0 Å². The first kappa shape index (κ1) is 14.4. The van der Waals surface area contributed by atoms with Crippen LogP contribution in [0.5, 0.6) is 0 Å². The van der Waals surface area contributed by atoms with Gasteiger partial charge < -0.3 is 25.6 Å². The minimum absolute atomic E-state index is 0.106. The molecule has 9 nitrogen and oxygen atoms in total. The Morgan fingerprint density at radius 3 is 2.50 bits per heavy atom. The minimum atomic E-state index is -0.356. The molecule has 0 aliphatic rings. The summed E-state index contributed by atoms with van der Waals surface area (Å²) in [5, 5.41) is 0. The van der Waals surface area contributed by atoms with Crippen molar-refractivity contribution in [3.05, 3.63) is 5.82 Å². The topological polar surface area (TPSA) is 137 Å². The largest absolute Gasteiger partial charge is 0.368 e. The number of nitrogens with one attached hydrogen (secondary N) is 2. The summed E-state index contributed by atoms with van der Waals surface area (Å²) in [6.07, 6.45) is 0.118. The summed E-state index contributed by atoms with van der Waals surface area (Å²) in [6.45, 7) is 4.95. The number of nitrogens with zero attached hydrogens (tertiary/aromatic N) is 3. The van der Waals surface area contributed by atoms with Crippen LogP contribution < -0.4 is 17.0 Å². The van der Waals surface area contributed by atoms with Crippen LogP contribution in [0.3, 0.4) is 0 Å². The number of hydrogen-bond donors (Lipinski definition) is 4. The van der Waals surface area contributed by atoms with E-state index in [0.717, 1.165) is 0 Å². The molecule has 0 radical (unpaired) electrons. The molecule has 0 unspecified atom stereocenters. The van der Waals surface area contributed by atoms with Gasteiger partial charge in [-0.05, 0) is 13.8 Å². The number of fused-ring (bicyclic) bond motifs is 1. The number of nitrogen functional groups attached to an aromatic ring is 2. The third kappa shape index (κ3) is 3.13. The number of anilines is 2. The number of rotatable bonds is 7. The summed E-state index contributed by atoms with van der Waals surface area (Å²) in [4.78, 5) is 15.5. The molecule has 0 amide bonds. The molecule has 2 aromatic rings. The van der Waals surface area contributed by atoms with Crippen molar-refractivity contribution in [1.29, 1.82) is 0 Å². The molecular weight excluding hydrogens is 262 g/mol. The van der Waals surface area contributed by atoms with Crippen LogP contribution in [0.25, 0.3) is 11.2 Å². The summed E-state index contributed by atoms with van der Waals surface area (Å²) >= 11 is 0. The number of hydrazine groups is 1. The molecule has 2 aromatic heterocycles. The third-order valence-corrected chi connectivity index (χ3v) is 2.62. The van der Waals surface area contributed by atoms with E-state index >= 15 is 0 Å². The Hall–Kier alpha value is -1.97. The van der Waals surface area contributed by atoms with Crippen molar-refractivity contribution in [3.63, 3.8) is 0 Å². The molecule has 6 N–H and O–H groups in total. The number of nitrogens with two attached hydrogens (primary N) is 2. The minimum Gasteiger partial charge on any atom is -0.368 e. The molecule has 110 valence electrons. The zero-order chi connectivity index (χ0) is 14.5. The van der Waals surface area contributed by atoms with Gasteiger partial charge in [-0.1, -0.05) is 0 Å². The van der Waals surface area contributed by atoms with Gasteiger partial charge in [0.25, 0.3) is 0 Å². The molecule has 2 heterocycles. The fourth-order valence-corrected chi connectivity index (χ4v) is 1.86. The van der Waals surface area contributed by atoms with Gasteiger partial charge in [0.05, 0.1) is 6.42 Å². The molecule has 2 rings (SSSR count). The van der Waals surface area contributed by atoms with Crippen LogP contribution >= 0.6 is 0 Å². The monoisotopic (exact) mass is 281 g/mol. The number of aromatic nitrogens is 4. The highest BCUT2D eigenvalue weighted by molar-refractivity contribution is 5.83. The molecule has 0 aliphatic carbocycles. The first-order chi connectivity index (χ1) is 9.67. The van der Waals surface area contributed by atoms with Crippen molar-refractivity contribution in [2.45, 2.75) is 26.6 Å². The van der Waals surface area contributed by atoms with Gasteiger partial charge in [-0.25, -0.2) is 10.8 Å². The van der Waals surface area contributed by atoms with E-state index in [0.29, 0.717) is 42.4 Å². The molecule has 0 fully saturated rings. The van der Waals surface area contributed by atoms with E-state index in [-0.39, 0.29) is 12.2 Å². The summed E-state index contributed by atoms with van der Waals surface area (Å²) < 4.78 is 11.0. The predicted molar refractivity (Wildman–Crippen MR) is 74.7 cm³/mol. The van der Waals surface area contributed by atoms with E-state index in [2.05, 4.69) is 25.4 Å². The van der Waals surface area contributed by atoms with Gasteiger partial charge in [-0.3, -0.25) is 0 Å². The SMILES string of the molecule is CCOC(Cc1nc2nc(N)nc(NN)c2[nH]1)OCC. The van der Waals surface area contributed by atoms with Gasteiger partial charge in [0, 0.05) is 13.2 Å². The Labute approximate surface area is 116 Å². The first-order valence-electron chi connectivity index (χ1n) is 6.39. The molecule has 0 atom stereocenters. The lowest BCUT2D eigenvalue weighted by Crippen LogP contribution is -2.20. The Morgan fingerprint density at radius 2 is 1.90 bits per heavy atom. The molecule has 9 heteroatoms. The summed E-state index contributed by atoms with van der Waals surface area (Å²) in [5.41, 5.74) is 9.10. The number of hydrogen-bond acceptors (Lipinski definition) is 8. The second-order valence-corrected chi connectivity index (χ2v) is 4.00. The molecule has 0 saturated carbocycles. The summed E-state index contributed by atoms with van der Waals surface area (Å²) in [7, 11) is 0. The quantitative estimate of drug-likeness (QED) is 0.320. The average molecular weight is 281 g/mol. The van der Waals surface area contributed by atoms with Crippen LogP contribution in [0, 0.1) is 0 Å². The maximum absolute atomic E-state index is 5.59. The predicted octanol–water partition coefficient (Wildman–Crippen LogP) is 0.162. The number of ether oxygens (including phenoxy) is 2. The zero-order valence-electron chi connectivity index (χ0n) is 11.5. The fraction of sp³-hybridized carbons (Fsp3) is 0.545. The maximum Gasteiger partial charge on any atom is 0.224 e. The molecule has 0 saturated heterocycles. The van der Waals surface area contributed by atoms with Crippen LogP contribution in [-0.2, 0) is 15.9 Å². The highest BCUT2D eigenvalue weighted by Crippen LogP contribution is 2.19. The van der Waals surface area contributed by atoms with E-state index in [4.69, 9.17) is 21.1 Å². The number of aromatic amines is 1. The van der Waals surface area contributed by atoms with Gasteiger partial charge >= 0.3 is 0 Å². The van der Waals surface area contributed by atoms with Crippen LogP contribution in [0.4, 0.5) is 11.8 Å². The van der Waals surface area contributed by atoms with Crippen LogP contribution in [-0.4, -0.2) is 39.4 Å². The summed E-state index contributed by atoms with van der Waals surface area (Å²) in [6, 6.07) is 0. The summed E-state index contributed by atoms with van der Waals surface area (Å²) in [5.74, 6) is 6.57. The van der Waals surface area contributed by atoms with Crippen molar-refractivity contribution in [2.24, 2.45) is 5.84 Å². The standard InChI is InChI=1S/C11H19N7O2/c1-3-19-7(20-4-2)5-6-14-8-9(15-6)16-11(12)17-10(8)18-13/h7H,3-5,13H2,1-2H3,(H4,12,14,15,16,17,18). The molecule has 0 spiro atoms. The molecular formula is C11H19N7O2. The van der Waals surface area contributed by atoms with Gasteiger partial charge in [0.1, 0.15) is 11.3 Å². The van der Waals surface area contributed by atoms with Crippen molar-refractivity contribution >= 4 is 22.9 Å². The van der Waals surface area contributed by atoms with Crippen LogP contribution in [0.1, 0.15) is 19.7 Å². The van der Waals surface area contributed by atoms with E-state index in [1.54, 1.807) is 0 Å². The highest BCUT2D eigenvalue weighted by Gasteiger charge is 2.15. The maximum atomic E-state index is 5.59.